The van der Waals surface area contributed by atoms with Gasteiger partial charge in [-0.05, 0) is 111 Å². The summed E-state index contributed by atoms with van der Waals surface area (Å²) in [5.74, 6) is 0. The maximum Gasteiger partial charge on any atom is 0.0159 e. The summed E-state index contributed by atoms with van der Waals surface area (Å²) in [5.41, 5.74) is 15.6. The zero-order chi connectivity index (χ0) is 34.1. The summed E-state index contributed by atoms with van der Waals surface area (Å²) in [5, 5.41) is 7.59. The highest BCUT2D eigenvalue weighted by molar-refractivity contribution is 6.24. The van der Waals surface area contributed by atoms with Crippen molar-refractivity contribution in [2.45, 2.75) is 19.3 Å². The lowest BCUT2D eigenvalue weighted by atomic mass is 9.82. The van der Waals surface area contributed by atoms with E-state index in [9.17, 15) is 0 Å². The second-order valence-corrected chi connectivity index (χ2v) is 14.4. The van der Waals surface area contributed by atoms with Crippen LogP contribution in [0, 0.1) is 0 Å². The number of rotatable bonds is 4. The summed E-state index contributed by atoms with van der Waals surface area (Å²) in [7, 11) is 0. The van der Waals surface area contributed by atoms with E-state index in [1.54, 1.807) is 0 Å². The Kier molecular flexibility index (Phi) is 6.63. The second kappa shape index (κ2) is 11.4. The molecular weight excluding hydrogens is 613 g/mol. The van der Waals surface area contributed by atoms with Crippen molar-refractivity contribution in [3.63, 3.8) is 0 Å². The van der Waals surface area contributed by atoms with Crippen LogP contribution in [-0.4, -0.2) is 0 Å². The van der Waals surface area contributed by atoms with Gasteiger partial charge in [0.2, 0.25) is 0 Å². The predicted octanol–water partition coefficient (Wildman–Crippen LogP) is 14.1. The third kappa shape index (κ3) is 4.53. The first-order valence-electron chi connectivity index (χ1n) is 17.9. The second-order valence-electron chi connectivity index (χ2n) is 14.4. The zero-order valence-corrected chi connectivity index (χ0v) is 28.8. The Morgan fingerprint density at radius 3 is 1.53 bits per heavy atom. The molecule has 0 aliphatic heterocycles. The number of hydrogen-bond acceptors (Lipinski definition) is 0. The molecule has 9 aromatic rings. The molecule has 0 atom stereocenters. The SMILES string of the molecule is CC1(C)c2ccccc2-c2c(-c3ccc(-c4c5ccccc5c(-c5cc(-c6ccccc6)cc6ccccc56)c5ccccc45)cc3)cccc21. The minimum atomic E-state index is -0.0204. The normalized spacial score (nSPS) is 13.1. The highest BCUT2D eigenvalue weighted by atomic mass is 14.4. The van der Waals surface area contributed by atoms with E-state index in [4.69, 9.17) is 0 Å². The molecule has 0 amide bonds. The molecule has 0 heteroatoms. The minimum Gasteiger partial charge on any atom is -0.0622 e. The first-order valence-corrected chi connectivity index (χ1v) is 17.9. The largest absolute Gasteiger partial charge is 0.0622 e. The number of hydrogen-bond donors (Lipinski definition) is 0. The van der Waals surface area contributed by atoms with E-state index in [2.05, 4.69) is 196 Å². The van der Waals surface area contributed by atoms with Gasteiger partial charge < -0.3 is 0 Å². The first kappa shape index (κ1) is 29.7. The summed E-state index contributed by atoms with van der Waals surface area (Å²) in [4.78, 5) is 0. The zero-order valence-electron chi connectivity index (χ0n) is 28.8. The third-order valence-corrected chi connectivity index (χ3v) is 11.3. The molecule has 0 bridgehead atoms. The number of fused-ring (bicyclic) bond motifs is 6. The molecule has 0 N–H and O–H groups in total. The van der Waals surface area contributed by atoms with E-state index in [-0.39, 0.29) is 5.41 Å². The Bertz CT molecular complexity index is 2740. The van der Waals surface area contributed by atoms with E-state index < -0.39 is 0 Å². The van der Waals surface area contributed by atoms with Crippen LogP contribution in [0.5, 0.6) is 0 Å². The molecule has 0 nitrogen and oxygen atoms in total. The minimum absolute atomic E-state index is 0.0204. The van der Waals surface area contributed by atoms with Crippen LogP contribution >= 0.6 is 0 Å². The van der Waals surface area contributed by atoms with E-state index >= 15 is 0 Å². The van der Waals surface area contributed by atoms with Crippen LogP contribution in [0.4, 0.5) is 0 Å². The van der Waals surface area contributed by atoms with E-state index in [0.29, 0.717) is 0 Å². The standard InChI is InChI=1S/C51H36/c1-51(2)46-25-13-12-23-44(46)50-39(24-14-26-47(50)51)34-27-29-35(30-28-34)48-40-19-8-10-21-42(40)49(43-22-11-9-20-41(43)48)45-32-37(33-15-4-3-5-16-33)31-36-17-6-7-18-38(36)45/h3-32H,1-2H3. The van der Waals surface area contributed by atoms with Gasteiger partial charge in [0, 0.05) is 5.41 Å². The lowest BCUT2D eigenvalue weighted by molar-refractivity contribution is 0.660. The maximum absolute atomic E-state index is 2.40. The van der Waals surface area contributed by atoms with Gasteiger partial charge in [-0.25, -0.2) is 0 Å². The van der Waals surface area contributed by atoms with Crippen molar-refractivity contribution in [3.8, 4) is 55.6 Å². The van der Waals surface area contributed by atoms with Gasteiger partial charge in [0.25, 0.3) is 0 Å². The van der Waals surface area contributed by atoms with Crippen molar-refractivity contribution >= 4 is 32.3 Å². The molecule has 240 valence electrons. The molecule has 0 heterocycles. The Morgan fingerprint density at radius 2 is 0.824 bits per heavy atom. The van der Waals surface area contributed by atoms with Gasteiger partial charge in [0.15, 0.2) is 0 Å². The van der Waals surface area contributed by atoms with Gasteiger partial charge in [-0.1, -0.05) is 184 Å². The topological polar surface area (TPSA) is 0 Å². The lowest BCUT2D eigenvalue weighted by Gasteiger charge is -2.21. The van der Waals surface area contributed by atoms with Crippen LogP contribution in [0.1, 0.15) is 25.0 Å². The van der Waals surface area contributed by atoms with Crippen molar-refractivity contribution in [2.24, 2.45) is 0 Å². The third-order valence-electron chi connectivity index (χ3n) is 11.3. The van der Waals surface area contributed by atoms with Crippen molar-refractivity contribution in [1.82, 2.24) is 0 Å². The van der Waals surface area contributed by atoms with Crippen LogP contribution in [-0.2, 0) is 5.41 Å². The maximum atomic E-state index is 2.40. The summed E-state index contributed by atoms with van der Waals surface area (Å²) >= 11 is 0. The Hall–Kier alpha value is -6.24. The van der Waals surface area contributed by atoms with Crippen LogP contribution in [0.3, 0.4) is 0 Å². The summed E-state index contributed by atoms with van der Waals surface area (Å²) < 4.78 is 0. The molecule has 1 aliphatic rings. The van der Waals surface area contributed by atoms with Gasteiger partial charge in [0.05, 0.1) is 0 Å². The fourth-order valence-electron chi connectivity index (χ4n) is 8.86. The molecular formula is C51H36. The van der Waals surface area contributed by atoms with Gasteiger partial charge in [-0.15, -0.1) is 0 Å². The van der Waals surface area contributed by atoms with Gasteiger partial charge >= 0.3 is 0 Å². The molecule has 10 rings (SSSR count). The highest BCUT2D eigenvalue weighted by Gasteiger charge is 2.36. The fourth-order valence-corrected chi connectivity index (χ4v) is 8.86. The van der Waals surface area contributed by atoms with Crippen molar-refractivity contribution in [2.75, 3.05) is 0 Å². The highest BCUT2D eigenvalue weighted by Crippen LogP contribution is 2.52. The molecule has 0 saturated carbocycles. The molecule has 0 radical (unpaired) electrons. The van der Waals surface area contributed by atoms with Crippen LogP contribution < -0.4 is 0 Å². The Morgan fingerprint density at radius 1 is 0.294 bits per heavy atom. The van der Waals surface area contributed by atoms with Crippen LogP contribution in [0.2, 0.25) is 0 Å². The smallest absolute Gasteiger partial charge is 0.0159 e. The summed E-state index contributed by atoms with van der Waals surface area (Å²) in [6.07, 6.45) is 0. The first-order chi connectivity index (χ1) is 25.1. The van der Waals surface area contributed by atoms with Crippen LogP contribution in [0.15, 0.2) is 182 Å². The average molecular weight is 649 g/mol. The van der Waals surface area contributed by atoms with Gasteiger partial charge in [0.1, 0.15) is 0 Å². The fraction of sp³-hybridized carbons (Fsp3) is 0.0588. The van der Waals surface area contributed by atoms with E-state index in [0.717, 1.165) is 0 Å². The monoisotopic (exact) mass is 648 g/mol. The Labute approximate surface area is 299 Å². The summed E-state index contributed by atoms with van der Waals surface area (Å²) in [6, 6.07) is 67.4. The lowest BCUT2D eigenvalue weighted by Crippen LogP contribution is -2.14. The molecule has 0 unspecified atom stereocenters. The molecule has 51 heavy (non-hydrogen) atoms. The quantitative estimate of drug-likeness (QED) is 0.167. The molecule has 0 fully saturated rings. The molecule has 0 aromatic heterocycles. The van der Waals surface area contributed by atoms with Gasteiger partial charge in [-0.2, -0.15) is 0 Å². The van der Waals surface area contributed by atoms with E-state index in [1.807, 2.05) is 0 Å². The Balaban J connectivity index is 1.19. The van der Waals surface area contributed by atoms with Crippen molar-refractivity contribution in [1.29, 1.82) is 0 Å². The number of benzene rings is 9. The molecule has 0 spiro atoms. The van der Waals surface area contributed by atoms with Crippen molar-refractivity contribution < 1.29 is 0 Å². The van der Waals surface area contributed by atoms with Crippen LogP contribution in [0.25, 0.3) is 88.0 Å². The average Bonchev–Trinajstić information content (AvgIpc) is 3.43. The van der Waals surface area contributed by atoms with Crippen molar-refractivity contribution in [3.05, 3.63) is 193 Å². The molecule has 0 saturated heterocycles. The van der Waals surface area contributed by atoms with Gasteiger partial charge in [-0.3, -0.25) is 0 Å². The summed E-state index contributed by atoms with van der Waals surface area (Å²) in [6.45, 7) is 4.70. The molecule has 9 aromatic carbocycles. The predicted molar refractivity (Wildman–Crippen MR) is 218 cm³/mol. The molecule has 1 aliphatic carbocycles. The van der Waals surface area contributed by atoms with E-state index in [1.165, 1.54) is 99.1 Å².